The Hall–Kier alpha value is -0.130. The van der Waals surface area contributed by atoms with E-state index in [1.807, 2.05) is 5.92 Å². The minimum absolute atomic E-state index is 0.683. The molecule has 15 heavy (non-hydrogen) atoms. The third-order valence-corrected chi connectivity index (χ3v) is 6.09. The van der Waals surface area contributed by atoms with Crippen molar-refractivity contribution in [2.45, 2.75) is 53.4 Å². The van der Waals surface area contributed by atoms with E-state index in [0.717, 1.165) is 29.6 Å². The molecule has 0 bridgehead atoms. The van der Waals surface area contributed by atoms with Gasteiger partial charge in [-0.15, -0.1) is 0 Å². The molecular formula is C15H25+. The number of rotatable bonds is 0. The zero-order valence-corrected chi connectivity index (χ0v) is 10.7. The Labute approximate surface area is 94.8 Å². The second-order valence-electron chi connectivity index (χ2n) is 7.08. The van der Waals surface area contributed by atoms with Gasteiger partial charge in [0.05, 0.1) is 19.3 Å². The van der Waals surface area contributed by atoms with Crippen LogP contribution in [0.4, 0.5) is 0 Å². The van der Waals surface area contributed by atoms with Gasteiger partial charge in [-0.1, -0.05) is 20.8 Å². The van der Waals surface area contributed by atoms with E-state index in [2.05, 4.69) is 27.7 Å². The van der Waals surface area contributed by atoms with Crippen LogP contribution in [-0.2, 0) is 0 Å². The molecule has 0 N–H and O–H groups in total. The van der Waals surface area contributed by atoms with Crippen molar-refractivity contribution in [3.8, 4) is 0 Å². The quantitative estimate of drug-likeness (QED) is 0.517. The first-order chi connectivity index (χ1) is 7.03. The Morgan fingerprint density at radius 1 is 1.13 bits per heavy atom. The summed E-state index contributed by atoms with van der Waals surface area (Å²) in [6, 6.07) is 0. The first-order valence-corrected chi connectivity index (χ1v) is 6.86. The summed E-state index contributed by atoms with van der Waals surface area (Å²) in [6.07, 6.45) is 5.91. The molecule has 0 amide bonds. The summed E-state index contributed by atoms with van der Waals surface area (Å²) in [5.74, 6) is 7.01. The van der Waals surface area contributed by atoms with Crippen LogP contribution in [0.15, 0.2) is 0 Å². The topological polar surface area (TPSA) is 0 Å². The molecule has 0 radical (unpaired) electrons. The molecule has 0 aromatic carbocycles. The fourth-order valence-electron chi connectivity index (χ4n) is 5.07. The zero-order valence-electron chi connectivity index (χ0n) is 10.7. The van der Waals surface area contributed by atoms with Crippen molar-refractivity contribution in [2.75, 3.05) is 0 Å². The number of hydrogen-bond donors (Lipinski definition) is 0. The Kier molecular flexibility index (Phi) is 1.98. The van der Waals surface area contributed by atoms with Gasteiger partial charge in [0.25, 0.3) is 0 Å². The molecule has 3 aliphatic carbocycles. The molecule has 5 atom stereocenters. The fraction of sp³-hybridized carbons (Fsp3) is 0.933. The molecule has 0 heteroatoms. The molecule has 0 nitrogen and oxygen atoms in total. The van der Waals surface area contributed by atoms with Gasteiger partial charge in [-0.2, -0.15) is 0 Å². The van der Waals surface area contributed by atoms with Gasteiger partial charge in [-0.3, -0.25) is 0 Å². The highest BCUT2D eigenvalue weighted by atomic mass is 14.7. The third-order valence-electron chi connectivity index (χ3n) is 6.09. The summed E-state index contributed by atoms with van der Waals surface area (Å²) in [4.78, 5) is 0. The second-order valence-corrected chi connectivity index (χ2v) is 7.08. The first-order valence-electron chi connectivity index (χ1n) is 6.86. The van der Waals surface area contributed by atoms with E-state index in [9.17, 15) is 0 Å². The van der Waals surface area contributed by atoms with Crippen LogP contribution in [0.3, 0.4) is 0 Å². The summed E-state index contributed by atoms with van der Waals surface area (Å²) in [7, 11) is 0. The molecule has 0 aromatic rings. The summed E-state index contributed by atoms with van der Waals surface area (Å²) >= 11 is 0. The van der Waals surface area contributed by atoms with Crippen LogP contribution >= 0.6 is 0 Å². The van der Waals surface area contributed by atoms with Crippen molar-refractivity contribution < 1.29 is 0 Å². The van der Waals surface area contributed by atoms with Gasteiger partial charge in [0.15, 0.2) is 0 Å². The van der Waals surface area contributed by atoms with Crippen LogP contribution in [0.5, 0.6) is 0 Å². The first kappa shape index (κ1) is 10.1. The van der Waals surface area contributed by atoms with Crippen LogP contribution < -0.4 is 0 Å². The molecular weight excluding hydrogens is 180 g/mol. The molecule has 3 aliphatic rings. The van der Waals surface area contributed by atoms with Crippen LogP contribution in [0, 0.1) is 40.9 Å². The zero-order chi connectivity index (χ0) is 10.8. The van der Waals surface area contributed by atoms with Gasteiger partial charge in [-0.25, -0.2) is 0 Å². The van der Waals surface area contributed by atoms with Crippen molar-refractivity contribution in [1.29, 1.82) is 0 Å². The van der Waals surface area contributed by atoms with E-state index < -0.39 is 0 Å². The lowest BCUT2D eigenvalue weighted by Gasteiger charge is -2.22. The molecule has 0 spiro atoms. The molecule has 3 fully saturated rings. The standard InChI is InChI=1S/C15H25/c1-9-6-8-12-14(15(12,3)4)13-10(2)5-7-11(9)13/h10-14H,5-8H2,1-4H3/q+1. The van der Waals surface area contributed by atoms with Crippen LogP contribution in [-0.4, -0.2) is 0 Å². The Morgan fingerprint density at radius 3 is 2.60 bits per heavy atom. The van der Waals surface area contributed by atoms with Gasteiger partial charge in [0.1, 0.15) is 5.92 Å². The highest BCUT2D eigenvalue weighted by molar-refractivity contribution is 5.17. The third kappa shape index (κ3) is 1.23. The second kappa shape index (κ2) is 2.96. The average molecular weight is 205 g/mol. The van der Waals surface area contributed by atoms with E-state index in [1.54, 1.807) is 0 Å². The maximum absolute atomic E-state index is 2.52. The highest BCUT2D eigenvalue weighted by Crippen LogP contribution is 2.70. The van der Waals surface area contributed by atoms with Gasteiger partial charge in [0.2, 0.25) is 0 Å². The smallest absolute Gasteiger partial charge is 0.0621 e. The van der Waals surface area contributed by atoms with Crippen LogP contribution in [0.2, 0.25) is 0 Å². The maximum atomic E-state index is 2.52. The maximum Gasteiger partial charge on any atom is 0.103 e. The van der Waals surface area contributed by atoms with Crippen LogP contribution in [0.25, 0.3) is 0 Å². The molecule has 3 saturated carbocycles. The predicted octanol–water partition coefficient (Wildman–Crippen LogP) is 4.31. The number of fused-ring (bicyclic) bond motifs is 3. The Morgan fingerprint density at radius 2 is 1.87 bits per heavy atom. The van der Waals surface area contributed by atoms with Crippen molar-refractivity contribution >= 4 is 0 Å². The van der Waals surface area contributed by atoms with E-state index in [4.69, 9.17) is 0 Å². The lowest BCUT2D eigenvalue weighted by molar-refractivity contribution is 0.264. The summed E-state index contributed by atoms with van der Waals surface area (Å²) < 4.78 is 0. The van der Waals surface area contributed by atoms with Crippen molar-refractivity contribution in [2.24, 2.45) is 35.0 Å². The average Bonchev–Trinajstić information content (AvgIpc) is 2.55. The Bertz CT molecular complexity index is 265. The predicted molar refractivity (Wildman–Crippen MR) is 64.3 cm³/mol. The monoisotopic (exact) mass is 205 g/mol. The van der Waals surface area contributed by atoms with Gasteiger partial charge < -0.3 is 0 Å². The fourth-order valence-corrected chi connectivity index (χ4v) is 5.07. The lowest BCUT2D eigenvalue weighted by Crippen LogP contribution is -2.21. The van der Waals surface area contributed by atoms with E-state index in [0.29, 0.717) is 5.41 Å². The summed E-state index contributed by atoms with van der Waals surface area (Å²) in [6.45, 7) is 9.98. The molecule has 0 saturated heterocycles. The van der Waals surface area contributed by atoms with Crippen molar-refractivity contribution in [3.63, 3.8) is 0 Å². The summed E-state index contributed by atoms with van der Waals surface area (Å²) in [5.41, 5.74) is 0.683. The van der Waals surface area contributed by atoms with E-state index >= 15 is 0 Å². The minimum Gasteiger partial charge on any atom is -0.0621 e. The van der Waals surface area contributed by atoms with E-state index in [-0.39, 0.29) is 0 Å². The number of hydrogen-bond acceptors (Lipinski definition) is 0. The van der Waals surface area contributed by atoms with Crippen molar-refractivity contribution in [3.05, 3.63) is 5.92 Å². The minimum atomic E-state index is 0.683. The normalized spacial score (nSPS) is 52.0. The van der Waals surface area contributed by atoms with Gasteiger partial charge in [0, 0.05) is 5.92 Å². The van der Waals surface area contributed by atoms with E-state index in [1.165, 1.54) is 25.7 Å². The molecule has 5 unspecified atom stereocenters. The van der Waals surface area contributed by atoms with Gasteiger partial charge >= 0.3 is 0 Å². The highest BCUT2D eigenvalue weighted by Gasteiger charge is 2.67. The van der Waals surface area contributed by atoms with Crippen molar-refractivity contribution in [1.82, 2.24) is 0 Å². The van der Waals surface area contributed by atoms with Gasteiger partial charge in [-0.05, 0) is 42.4 Å². The summed E-state index contributed by atoms with van der Waals surface area (Å²) in [5, 5.41) is 0. The van der Waals surface area contributed by atoms with Crippen LogP contribution in [0.1, 0.15) is 53.4 Å². The lowest BCUT2D eigenvalue weighted by atomic mass is 9.77. The molecule has 84 valence electrons. The Balaban J connectivity index is 1.90. The largest absolute Gasteiger partial charge is 0.103 e. The molecule has 3 rings (SSSR count). The molecule has 0 aliphatic heterocycles. The molecule has 0 aromatic heterocycles. The molecule has 0 heterocycles. The SMILES string of the molecule is C[C+]1CCC2C(C3C(C)CCC13)C2(C)C.